The van der Waals surface area contributed by atoms with Crippen molar-refractivity contribution in [1.29, 1.82) is 0 Å². The molecule has 0 aliphatic carbocycles. The quantitative estimate of drug-likeness (QED) is 0.209. The molecule has 0 unspecified atom stereocenters. The largest absolute Gasteiger partial charge is 0.384 e. The fourth-order valence-electron chi connectivity index (χ4n) is 2.59. The molecule has 2 rings (SSSR count). The van der Waals surface area contributed by atoms with Crippen molar-refractivity contribution >= 4 is 22.1 Å². The van der Waals surface area contributed by atoms with E-state index in [0.717, 1.165) is 12.1 Å². The first-order chi connectivity index (χ1) is 15.2. The number of pyridine rings is 1. The first-order valence-electron chi connectivity index (χ1n) is 9.94. The summed E-state index contributed by atoms with van der Waals surface area (Å²) in [6, 6.07) is 12.1. The Morgan fingerprint density at radius 2 is 1.91 bits per heavy atom. The van der Waals surface area contributed by atoms with Crippen LogP contribution in [0.25, 0.3) is 0 Å². The van der Waals surface area contributed by atoms with E-state index < -0.39 is 10.0 Å². The number of aryl methyl sites for hydroxylation is 1. The highest BCUT2D eigenvalue weighted by Gasteiger charge is 2.15. The first kappa shape index (κ1) is 26.7. The highest BCUT2D eigenvalue weighted by atomic mass is 32.2. The standard InChI is InChI=1S/C15H18N2O3S.C6H13N3O2/c1-3-17-12(2)9-10-14(15(17)18)16-21(19,20)11-13-7-5-4-6-8-13;1-6(7)9-11-4-2-3-8-5-10/h4-10,16H,3,11H2,1-2H3;5,9H,1-4,7H2,(H,8,10). The number of aromatic nitrogens is 1. The van der Waals surface area contributed by atoms with E-state index in [4.69, 9.17) is 10.6 Å². The lowest BCUT2D eigenvalue weighted by Crippen LogP contribution is -2.27. The number of rotatable bonds is 12. The molecule has 0 atom stereocenters. The second kappa shape index (κ2) is 13.9. The van der Waals surface area contributed by atoms with Gasteiger partial charge in [0.2, 0.25) is 16.4 Å². The van der Waals surface area contributed by atoms with Gasteiger partial charge in [-0.25, -0.2) is 8.42 Å². The zero-order chi connectivity index (χ0) is 24.0. The fourth-order valence-corrected chi connectivity index (χ4v) is 3.78. The van der Waals surface area contributed by atoms with Crippen LogP contribution in [0, 0.1) is 6.92 Å². The molecule has 5 N–H and O–H groups in total. The smallest absolute Gasteiger partial charge is 0.275 e. The molecule has 0 fully saturated rings. The first-order valence-corrected chi connectivity index (χ1v) is 11.6. The lowest BCUT2D eigenvalue weighted by Gasteiger charge is -2.11. The number of benzene rings is 1. The molecular weight excluding hydrogens is 434 g/mol. The second-order valence-electron chi connectivity index (χ2n) is 6.69. The summed E-state index contributed by atoms with van der Waals surface area (Å²) in [5.41, 5.74) is 8.75. The second-order valence-corrected chi connectivity index (χ2v) is 8.41. The minimum Gasteiger partial charge on any atom is -0.384 e. The van der Waals surface area contributed by atoms with Crippen LogP contribution in [-0.2, 0) is 32.0 Å². The maximum Gasteiger partial charge on any atom is 0.275 e. The number of nitrogens with one attached hydrogen (secondary N) is 3. The van der Waals surface area contributed by atoms with E-state index in [1.165, 1.54) is 10.6 Å². The van der Waals surface area contributed by atoms with Crippen molar-refractivity contribution < 1.29 is 18.0 Å². The van der Waals surface area contributed by atoms with Crippen molar-refractivity contribution in [3.63, 3.8) is 0 Å². The molecule has 176 valence electrons. The molecule has 1 aromatic carbocycles. The fraction of sp³-hybridized carbons (Fsp3) is 0.333. The summed E-state index contributed by atoms with van der Waals surface area (Å²) in [6.07, 6.45) is 1.38. The summed E-state index contributed by atoms with van der Waals surface area (Å²) in [5.74, 6) is 0.112. The van der Waals surface area contributed by atoms with Crippen molar-refractivity contribution in [3.8, 4) is 0 Å². The Hall–Kier alpha value is -3.31. The Kier molecular flexibility index (Phi) is 11.6. The van der Waals surface area contributed by atoms with Crippen molar-refractivity contribution in [2.24, 2.45) is 5.73 Å². The monoisotopic (exact) mass is 465 g/mol. The molecular formula is C21H31N5O5S. The number of sulfonamides is 1. The number of nitrogens with zero attached hydrogens (tertiary/aromatic N) is 1. The number of hydroxylamine groups is 1. The molecule has 0 aliphatic heterocycles. The SMILES string of the molecule is C=C(N)NOCCCNC=O.CCn1c(C)ccc(NS(=O)(=O)Cc2ccccc2)c1=O. The Morgan fingerprint density at radius 3 is 2.50 bits per heavy atom. The third-order valence-electron chi connectivity index (χ3n) is 4.03. The van der Waals surface area contributed by atoms with Gasteiger partial charge < -0.3 is 15.6 Å². The summed E-state index contributed by atoms with van der Waals surface area (Å²) in [7, 11) is -3.61. The lowest BCUT2D eigenvalue weighted by atomic mass is 10.2. The van der Waals surface area contributed by atoms with E-state index in [1.807, 2.05) is 19.9 Å². The molecule has 0 saturated heterocycles. The van der Waals surface area contributed by atoms with Gasteiger partial charge >= 0.3 is 0 Å². The zero-order valence-electron chi connectivity index (χ0n) is 18.3. The molecule has 1 amide bonds. The number of anilines is 1. The van der Waals surface area contributed by atoms with Gasteiger partial charge in [-0.1, -0.05) is 36.9 Å². The molecule has 0 saturated carbocycles. The van der Waals surface area contributed by atoms with Gasteiger partial charge in [0.15, 0.2) is 0 Å². The van der Waals surface area contributed by atoms with Gasteiger partial charge in [0.25, 0.3) is 5.56 Å². The summed E-state index contributed by atoms with van der Waals surface area (Å²) >= 11 is 0. The predicted octanol–water partition coefficient (Wildman–Crippen LogP) is 1.19. The topological polar surface area (TPSA) is 145 Å². The van der Waals surface area contributed by atoms with Crippen LogP contribution in [0.15, 0.2) is 59.7 Å². The summed E-state index contributed by atoms with van der Waals surface area (Å²) in [4.78, 5) is 26.7. The van der Waals surface area contributed by atoms with Crippen molar-refractivity contribution in [2.45, 2.75) is 32.6 Å². The lowest BCUT2D eigenvalue weighted by molar-refractivity contribution is -0.109. The normalized spacial score (nSPS) is 10.4. The van der Waals surface area contributed by atoms with Crippen molar-refractivity contribution in [1.82, 2.24) is 15.4 Å². The van der Waals surface area contributed by atoms with Gasteiger partial charge in [-0.15, -0.1) is 0 Å². The van der Waals surface area contributed by atoms with Gasteiger partial charge in [0.05, 0.1) is 12.4 Å². The van der Waals surface area contributed by atoms with E-state index in [0.29, 0.717) is 31.7 Å². The van der Waals surface area contributed by atoms with E-state index in [1.54, 1.807) is 30.3 Å². The highest BCUT2D eigenvalue weighted by Crippen LogP contribution is 2.10. The molecule has 0 aliphatic rings. The number of nitrogens with two attached hydrogens (primary N) is 1. The number of carbonyl (C=O) groups excluding carboxylic acids is 1. The van der Waals surface area contributed by atoms with Crippen LogP contribution in [0.5, 0.6) is 0 Å². The van der Waals surface area contributed by atoms with E-state index in [-0.39, 0.29) is 22.8 Å². The van der Waals surface area contributed by atoms with E-state index in [9.17, 15) is 18.0 Å². The maximum atomic E-state index is 12.2. The highest BCUT2D eigenvalue weighted by molar-refractivity contribution is 7.91. The zero-order valence-corrected chi connectivity index (χ0v) is 19.2. The third kappa shape index (κ3) is 10.1. The van der Waals surface area contributed by atoms with Gasteiger partial charge in [-0.3, -0.25) is 24.6 Å². The van der Waals surface area contributed by atoms with Crippen LogP contribution in [0.3, 0.4) is 0 Å². The Morgan fingerprint density at radius 1 is 1.22 bits per heavy atom. The Balaban J connectivity index is 0.000000396. The molecule has 10 nitrogen and oxygen atoms in total. The van der Waals surface area contributed by atoms with Gasteiger partial charge in [-0.2, -0.15) is 0 Å². The maximum absolute atomic E-state index is 12.2. The summed E-state index contributed by atoms with van der Waals surface area (Å²) < 4.78 is 28.2. The summed E-state index contributed by atoms with van der Waals surface area (Å²) in [5, 5.41) is 2.49. The minimum absolute atomic E-state index is 0.0818. The number of carbonyl (C=O) groups is 1. The molecule has 11 heteroatoms. The van der Waals surface area contributed by atoms with Crippen molar-refractivity contribution in [2.75, 3.05) is 17.9 Å². The molecule has 0 radical (unpaired) electrons. The van der Waals surface area contributed by atoms with Crippen LogP contribution in [0.2, 0.25) is 0 Å². The van der Waals surface area contributed by atoms with Gasteiger partial charge in [-0.05, 0) is 38.0 Å². The molecule has 0 spiro atoms. The van der Waals surface area contributed by atoms with E-state index >= 15 is 0 Å². The van der Waals surface area contributed by atoms with Crippen LogP contribution < -0.4 is 26.8 Å². The van der Waals surface area contributed by atoms with Crippen LogP contribution >= 0.6 is 0 Å². The third-order valence-corrected chi connectivity index (χ3v) is 5.27. The molecule has 2 aromatic rings. The van der Waals surface area contributed by atoms with Crippen LogP contribution in [0.4, 0.5) is 5.69 Å². The van der Waals surface area contributed by atoms with Crippen molar-refractivity contribution in [3.05, 3.63) is 76.5 Å². The van der Waals surface area contributed by atoms with Gasteiger partial charge in [0.1, 0.15) is 11.5 Å². The predicted molar refractivity (Wildman–Crippen MR) is 125 cm³/mol. The Bertz CT molecular complexity index is 1020. The average molecular weight is 466 g/mol. The molecule has 1 aromatic heterocycles. The van der Waals surface area contributed by atoms with Crippen LogP contribution in [0.1, 0.15) is 24.6 Å². The minimum atomic E-state index is -3.61. The average Bonchev–Trinajstić information content (AvgIpc) is 2.74. The number of hydrogen-bond donors (Lipinski definition) is 4. The Labute approximate surface area is 188 Å². The van der Waals surface area contributed by atoms with E-state index in [2.05, 4.69) is 22.1 Å². The summed E-state index contributed by atoms with van der Waals surface area (Å²) in [6.45, 7) is 8.60. The van der Waals surface area contributed by atoms with Crippen LogP contribution in [-0.4, -0.2) is 32.5 Å². The molecule has 1 heterocycles. The molecule has 0 bridgehead atoms. The van der Waals surface area contributed by atoms with Gasteiger partial charge in [0, 0.05) is 18.8 Å². The number of amides is 1. The number of hydrogen-bond acceptors (Lipinski definition) is 7. The molecule has 32 heavy (non-hydrogen) atoms.